The standard InChI is InChI=1S/C20H25N3O3S/c1-25-16-9-15(10-17(11-16)26-2)22-14-5-7-23(8-6-14)20(24)19-18(13-3-4-13)21-12-27-19/h9-14,22H,3-8H2,1-2H3. The zero-order valence-corrected chi connectivity index (χ0v) is 16.6. The molecule has 1 amide bonds. The summed E-state index contributed by atoms with van der Waals surface area (Å²) < 4.78 is 10.7. The van der Waals surface area contributed by atoms with Crippen molar-refractivity contribution in [3.63, 3.8) is 0 Å². The molecular weight excluding hydrogens is 362 g/mol. The van der Waals surface area contributed by atoms with E-state index in [-0.39, 0.29) is 5.91 Å². The number of carbonyl (C=O) groups is 1. The van der Waals surface area contributed by atoms with E-state index in [1.807, 2.05) is 28.6 Å². The van der Waals surface area contributed by atoms with Gasteiger partial charge in [0.2, 0.25) is 0 Å². The van der Waals surface area contributed by atoms with Gasteiger partial charge in [-0.3, -0.25) is 4.79 Å². The van der Waals surface area contributed by atoms with E-state index in [0.29, 0.717) is 12.0 Å². The summed E-state index contributed by atoms with van der Waals surface area (Å²) in [5.74, 6) is 2.20. The highest BCUT2D eigenvalue weighted by Crippen LogP contribution is 2.42. The lowest BCUT2D eigenvalue weighted by Crippen LogP contribution is -2.42. The lowest BCUT2D eigenvalue weighted by Gasteiger charge is -2.33. The van der Waals surface area contributed by atoms with Crippen molar-refractivity contribution in [2.24, 2.45) is 0 Å². The monoisotopic (exact) mass is 387 g/mol. The third-order valence-electron chi connectivity index (χ3n) is 5.26. The van der Waals surface area contributed by atoms with Gasteiger partial charge in [0.1, 0.15) is 16.4 Å². The molecule has 0 atom stereocenters. The van der Waals surface area contributed by atoms with E-state index in [1.165, 1.54) is 24.2 Å². The highest BCUT2D eigenvalue weighted by Gasteiger charge is 2.33. The Labute approximate surface area is 163 Å². The van der Waals surface area contributed by atoms with E-state index in [2.05, 4.69) is 10.3 Å². The van der Waals surface area contributed by atoms with Gasteiger partial charge >= 0.3 is 0 Å². The fourth-order valence-corrected chi connectivity index (χ4v) is 4.40. The molecule has 6 nitrogen and oxygen atoms in total. The zero-order valence-electron chi connectivity index (χ0n) is 15.7. The molecule has 2 heterocycles. The SMILES string of the molecule is COc1cc(NC2CCN(C(=O)c3scnc3C3CC3)CC2)cc(OC)c1. The van der Waals surface area contributed by atoms with Crippen LogP contribution in [0.2, 0.25) is 0 Å². The molecule has 2 aliphatic rings. The van der Waals surface area contributed by atoms with Gasteiger partial charge in [0.15, 0.2) is 0 Å². The second-order valence-corrected chi connectivity index (χ2v) is 8.01. The first kappa shape index (κ1) is 18.1. The summed E-state index contributed by atoms with van der Waals surface area (Å²) in [5.41, 5.74) is 3.81. The molecule has 1 aliphatic carbocycles. The minimum atomic E-state index is 0.154. The van der Waals surface area contributed by atoms with Crippen LogP contribution in [0, 0.1) is 0 Å². The highest BCUT2D eigenvalue weighted by molar-refractivity contribution is 7.11. The number of anilines is 1. The van der Waals surface area contributed by atoms with Gasteiger partial charge in [-0.15, -0.1) is 11.3 Å². The fourth-order valence-electron chi connectivity index (χ4n) is 3.56. The highest BCUT2D eigenvalue weighted by atomic mass is 32.1. The summed E-state index contributed by atoms with van der Waals surface area (Å²) in [4.78, 5) is 20.1. The van der Waals surface area contributed by atoms with Crippen LogP contribution in [0.4, 0.5) is 5.69 Å². The first-order valence-electron chi connectivity index (χ1n) is 9.40. The number of piperidine rings is 1. The topological polar surface area (TPSA) is 63.7 Å². The lowest BCUT2D eigenvalue weighted by atomic mass is 10.0. The number of ether oxygens (including phenoxy) is 2. The van der Waals surface area contributed by atoms with Crippen LogP contribution in [0.5, 0.6) is 11.5 Å². The smallest absolute Gasteiger partial charge is 0.265 e. The van der Waals surface area contributed by atoms with Crippen LogP contribution in [0.15, 0.2) is 23.7 Å². The quantitative estimate of drug-likeness (QED) is 0.818. The molecule has 0 unspecified atom stereocenters. The maximum atomic E-state index is 12.9. The molecule has 7 heteroatoms. The zero-order chi connectivity index (χ0) is 18.8. The average Bonchev–Trinajstić information content (AvgIpc) is 3.44. The molecule has 27 heavy (non-hydrogen) atoms. The number of benzene rings is 1. The van der Waals surface area contributed by atoms with Gasteiger partial charge in [0.25, 0.3) is 5.91 Å². The molecule has 0 bridgehead atoms. The third-order valence-corrected chi connectivity index (χ3v) is 6.09. The van der Waals surface area contributed by atoms with Crippen molar-refractivity contribution < 1.29 is 14.3 Å². The normalized spacial score (nSPS) is 17.6. The Morgan fingerprint density at radius 2 is 1.78 bits per heavy atom. The number of carbonyl (C=O) groups excluding carboxylic acids is 1. The summed E-state index contributed by atoms with van der Waals surface area (Å²) in [6, 6.07) is 6.13. The number of aromatic nitrogens is 1. The van der Waals surface area contributed by atoms with Gasteiger partial charge in [-0.25, -0.2) is 4.98 Å². The second kappa shape index (κ2) is 7.76. The number of hydrogen-bond donors (Lipinski definition) is 1. The molecule has 1 saturated heterocycles. The molecular formula is C20H25N3O3S. The van der Waals surface area contributed by atoms with Crippen LogP contribution in [0.25, 0.3) is 0 Å². The summed E-state index contributed by atoms with van der Waals surface area (Å²) in [5, 5.41) is 3.56. The Hall–Kier alpha value is -2.28. The fraction of sp³-hybridized carbons (Fsp3) is 0.500. The van der Waals surface area contributed by atoms with E-state index in [9.17, 15) is 4.79 Å². The minimum absolute atomic E-state index is 0.154. The van der Waals surface area contributed by atoms with Gasteiger partial charge in [-0.05, 0) is 25.7 Å². The number of thiazole rings is 1. The second-order valence-electron chi connectivity index (χ2n) is 7.15. The molecule has 0 radical (unpaired) electrons. The number of hydrogen-bond acceptors (Lipinski definition) is 6. The Kier molecular flexibility index (Phi) is 5.20. The maximum Gasteiger partial charge on any atom is 0.265 e. The van der Waals surface area contributed by atoms with Crippen molar-refractivity contribution in [2.45, 2.75) is 37.6 Å². The molecule has 2 fully saturated rings. The van der Waals surface area contributed by atoms with E-state index in [0.717, 1.165) is 53.7 Å². The van der Waals surface area contributed by atoms with E-state index in [1.54, 1.807) is 14.2 Å². The number of nitrogens with one attached hydrogen (secondary N) is 1. The molecule has 1 aliphatic heterocycles. The van der Waals surface area contributed by atoms with E-state index < -0.39 is 0 Å². The number of rotatable bonds is 6. The van der Waals surface area contributed by atoms with Gasteiger partial charge < -0.3 is 19.7 Å². The van der Waals surface area contributed by atoms with Crippen molar-refractivity contribution in [3.8, 4) is 11.5 Å². The van der Waals surface area contributed by atoms with E-state index in [4.69, 9.17) is 9.47 Å². The lowest BCUT2D eigenvalue weighted by molar-refractivity contribution is 0.0722. The van der Waals surface area contributed by atoms with Crippen molar-refractivity contribution >= 4 is 22.9 Å². The largest absolute Gasteiger partial charge is 0.497 e. The van der Waals surface area contributed by atoms with Gasteiger partial charge in [-0.1, -0.05) is 0 Å². The van der Waals surface area contributed by atoms with Gasteiger partial charge in [-0.2, -0.15) is 0 Å². The van der Waals surface area contributed by atoms with Crippen LogP contribution in [0.3, 0.4) is 0 Å². The molecule has 1 N–H and O–H groups in total. The van der Waals surface area contributed by atoms with Crippen molar-refractivity contribution in [1.29, 1.82) is 0 Å². The maximum absolute atomic E-state index is 12.9. The third kappa shape index (κ3) is 4.03. The van der Waals surface area contributed by atoms with Gasteiger partial charge in [0.05, 0.1) is 25.4 Å². The number of nitrogens with zero attached hydrogens (tertiary/aromatic N) is 2. The Morgan fingerprint density at radius 1 is 1.11 bits per heavy atom. The van der Waals surface area contributed by atoms with Crippen LogP contribution < -0.4 is 14.8 Å². The summed E-state index contributed by atoms with van der Waals surface area (Å²) >= 11 is 1.49. The predicted molar refractivity (Wildman–Crippen MR) is 106 cm³/mol. The summed E-state index contributed by atoms with van der Waals surface area (Å²) in [6.07, 6.45) is 4.17. The Morgan fingerprint density at radius 3 is 2.37 bits per heavy atom. The first-order chi connectivity index (χ1) is 13.2. The first-order valence-corrected chi connectivity index (χ1v) is 10.3. The van der Waals surface area contributed by atoms with Crippen molar-refractivity contribution in [3.05, 3.63) is 34.3 Å². The number of amides is 1. The van der Waals surface area contributed by atoms with Gasteiger partial charge in [0, 0.05) is 48.9 Å². The van der Waals surface area contributed by atoms with Crippen molar-refractivity contribution in [1.82, 2.24) is 9.88 Å². The number of methoxy groups -OCH3 is 2. The van der Waals surface area contributed by atoms with Crippen LogP contribution in [-0.4, -0.2) is 49.1 Å². The average molecular weight is 388 g/mol. The summed E-state index contributed by atoms with van der Waals surface area (Å²) in [7, 11) is 3.30. The van der Waals surface area contributed by atoms with Crippen LogP contribution >= 0.6 is 11.3 Å². The van der Waals surface area contributed by atoms with Crippen LogP contribution in [-0.2, 0) is 0 Å². The predicted octanol–water partition coefficient (Wildman–Crippen LogP) is 3.75. The molecule has 4 rings (SSSR count). The number of likely N-dealkylation sites (tertiary alicyclic amines) is 1. The van der Waals surface area contributed by atoms with Crippen molar-refractivity contribution in [2.75, 3.05) is 32.6 Å². The molecule has 1 aromatic carbocycles. The Bertz CT molecular complexity index is 788. The minimum Gasteiger partial charge on any atom is -0.497 e. The van der Waals surface area contributed by atoms with Crippen LogP contribution in [0.1, 0.15) is 47.0 Å². The molecule has 1 saturated carbocycles. The molecule has 2 aromatic rings. The van der Waals surface area contributed by atoms with E-state index >= 15 is 0 Å². The molecule has 144 valence electrons. The Balaban J connectivity index is 1.36. The molecule has 0 spiro atoms. The summed E-state index contributed by atoms with van der Waals surface area (Å²) in [6.45, 7) is 1.53. The molecule has 1 aromatic heterocycles.